The van der Waals surface area contributed by atoms with Crippen molar-refractivity contribution in [2.75, 3.05) is 5.73 Å². The smallest absolute Gasteiger partial charge is 0.139 e. The molecule has 0 atom stereocenters. The number of nitrogen functional groups attached to an aromatic ring is 1. The fourth-order valence-corrected chi connectivity index (χ4v) is 1.63. The van der Waals surface area contributed by atoms with E-state index in [1.165, 1.54) is 0 Å². The molecule has 0 bridgehead atoms. The van der Waals surface area contributed by atoms with Gasteiger partial charge in [-0.1, -0.05) is 6.07 Å². The van der Waals surface area contributed by atoms with E-state index in [2.05, 4.69) is 0 Å². The topological polar surface area (TPSA) is 39.2 Å². The Kier molecular flexibility index (Phi) is 1.59. The third-order valence-corrected chi connectivity index (χ3v) is 2.55. The van der Waals surface area contributed by atoms with Gasteiger partial charge in [-0.25, -0.2) is 0 Å². The number of aryl methyl sites for hydroxylation is 3. The van der Waals surface area contributed by atoms with E-state index >= 15 is 0 Å². The molecule has 0 saturated carbocycles. The lowest BCUT2D eigenvalue weighted by molar-refractivity contribution is 0.573. The van der Waals surface area contributed by atoms with Gasteiger partial charge in [0.1, 0.15) is 11.3 Å². The van der Waals surface area contributed by atoms with Gasteiger partial charge in [-0.05, 0) is 32.4 Å². The SMILES string of the molecule is Cc1oc2c(C)ccc(N)c2c1C. The van der Waals surface area contributed by atoms with Gasteiger partial charge < -0.3 is 10.2 Å². The minimum atomic E-state index is 0.801. The van der Waals surface area contributed by atoms with Gasteiger partial charge in [-0.15, -0.1) is 0 Å². The summed E-state index contributed by atoms with van der Waals surface area (Å²) in [6.45, 7) is 6.04. The highest BCUT2D eigenvalue weighted by atomic mass is 16.3. The Bertz CT molecular complexity index is 468. The van der Waals surface area contributed by atoms with Crippen LogP contribution in [0.3, 0.4) is 0 Å². The van der Waals surface area contributed by atoms with Crippen molar-refractivity contribution in [2.24, 2.45) is 0 Å². The summed E-state index contributed by atoms with van der Waals surface area (Å²) < 4.78 is 5.63. The van der Waals surface area contributed by atoms with Crippen molar-refractivity contribution in [3.8, 4) is 0 Å². The number of nitrogens with two attached hydrogens (primary N) is 1. The lowest BCUT2D eigenvalue weighted by Gasteiger charge is -1.98. The molecule has 2 aromatic rings. The summed E-state index contributed by atoms with van der Waals surface area (Å²) in [5.74, 6) is 0.955. The molecule has 1 heterocycles. The van der Waals surface area contributed by atoms with Gasteiger partial charge in [0.05, 0.1) is 0 Å². The van der Waals surface area contributed by atoms with Crippen LogP contribution in [0.25, 0.3) is 11.0 Å². The highest BCUT2D eigenvalue weighted by molar-refractivity contribution is 5.94. The summed E-state index contributed by atoms with van der Waals surface area (Å²) in [4.78, 5) is 0. The summed E-state index contributed by atoms with van der Waals surface area (Å²) in [6.07, 6.45) is 0. The molecule has 0 amide bonds. The number of hydrogen-bond acceptors (Lipinski definition) is 2. The Balaban J connectivity index is 3.00. The average Bonchev–Trinajstić information content (AvgIpc) is 2.38. The van der Waals surface area contributed by atoms with Crippen molar-refractivity contribution in [3.05, 3.63) is 29.0 Å². The zero-order valence-electron chi connectivity index (χ0n) is 8.14. The van der Waals surface area contributed by atoms with Crippen LogP contribution in [0.4, 0.5) is 5.69 Å². The van der Waals surface area contributed by atoms with Crippen LogP contribution < -0.4 is 5.73 Å². The van der Waals surface area contributed by atoms with Crippen LogP contribution in [0.5, 0.6) is 0 Å². The fourth-order valence-electron chi connectivity index (χ4n) is 1.63. The van der Waals surface area contributed by atoms with Gasteiger partial charge in [0.15, 0.2) is 0 Å². The number of fused-ring (bicyclic) bond motifs is 1. The molecule has 0 unspecified atom stereocenters. The van der Waals surface area contributed by atoms with E-state index in [1.54, 1.807) is 0 Å². The van der Waals surface area contributed by atoms with Gasteiger partial charge in [-0.2, -0.15) is 0 Å². The number of benzene rings is 1. The summed E-state index contributed by atoms with van der Waals surface area (Å²) in [7, 11) is 0. The Morgan fingerprint density at radius 2 is 1.85 bits per heavy atom. The van der Waals surface area contributed by atoms with Gasteiger partial charge in [0.2, 0.25) is 0 Å². The summed E-state index contributed by atoms with van der Waals surface area (Å²) in [5.41, 5.74) is 9.89. The Morgan fingerprint density at radius 1 is 1.15 bits per heavy atom. The first-order valence-corrected chi connectivity index (χ1v) is 4.36. The molecule has 0 aliphatic carbocycles. The quantitative estimate of drug-likeness (QED) is 0.625. The predicted molar refractivity (Wildman–Crippen MR) is 54.8 cm³/mol. The summed E-state index contributed by atoms with van der Waals surface area (Å²) in [6, 6.07) is 3.92. The molecule has 0 radical (unpaired) electrons. The fraction of sp³-hybridized carbons (Fsp3) is 0.273. The van der Waals surface area contributed by atoms with Gasteiger partial charge in [0.25, 0.3) is 0 Å². The van der Waals surface area contributed by atoms with Crippen LogP contribution in [-0.4, -0.2) is 0 Å². The normalized spacial score (nSPS) is 11.0. The summed E-state index contributed by atoms with van der Waals surface area (Å²) >= 11 is 0. The molecule has 68 valence electrons. The van der Waals surface area contributed by atoms with Crippen molar-refractivity contribution < 1.29 is 4.42 Å². The second kappa shape index (κ2) is 2.52. The lowest BCUT2D eigenvalue weighted by atomic mass is 10.1. The van der Waals surface area contributed by atoms with Gasteiger partial charge in [-0.3, -0.25) is 0 Å². The highest BCUT2D eigenvalue weighted by Gasteiger charge is 2.10. The molecular formula is C11H13NO. The van der Waals surface area contributed by atoms with E-state index in [1.807, 2.05) is 32.9 Å². The van der Waals surface area contributed by atoms with Crippen LogP contribution in [0, 0.1) is 20.8 Å². The first-order valence-electron chi connectivity index (χ1n) is 4.36. The largest absolute Gasteiger partial charge is 0.461 e. The monoisotopic (exact) mass is 175 g/mol. The van der Waals surface area contributed by atoms with E-state index in [9.17, 15) is 0 Å². The Labute approximate surface area is 77.3 Å². The molecule has 2 rings (SSSR count). The first kappa shape index (κ1) is 8.17. The van der Waals surface area contributed by atoms with Crippen LogP contribution >= 0.6 is 0 Å². The van der Waals surface area contributed by atoms with Crippen molar-refractivity contribution in [1.29, 1.82) is 0 Å². The maximum atomic E-state index is 5.88. The molecule has 0 spiro atoms. The zero-order chi connectivity index (χ0) is 9.59. The van der Waals surface area contributed by atoms with Gasteiger partial charge >= 0.3 is 0 Å². The molecule has 1 aromatic heterocycles. The predicted octanol–water partition coefficient (Wildman–Crippen LogP) is 2.94. The van der Waals surface area contributed by atoms with Crippen LogP contribution in [0.15, 0.2) is 16.5 Å². The van der Waals surface area contributed by atoms with Crippen LogP contribution in [0.1, 0.15) is 16.9 Å². The van der Waals surface area contributed by atoms with Crippen LogP contribution in [-0.2, 0) is 0 Å². The third-order valence-electron chi connectivity index (χ3n) is 2.55. The second-order valence-corrected chi connectivity index (χ2v) is 3.46. The number of furan rings is 1. The van der Waals surface area contributed by atoms with Crippen molar-refractivity contribution in [3.63, 3.8) is 0 Å². The van der Waals surface area contributed by atoms with Gasteiger partial charge in [0, 0.05) is 16.6 Å². The van der Waals surface area contributed by atoms with E-state index in [0.29, 0.717) is 0 Å². The Hall–Kier alpha value is -1.44. The first-order chi connectivity index (χ1) is 6.11. The molecule has 2 N–H and O–H groups in total. The second-order valence-electron chi connectivity index (χ2n) is 3.46. The molecule has 0 aliphatic rings. The van der Waals surface area contributed by atoms with E-state index in [4.69, 9.17) is 10.2 Å². The molecule has 0 fully saturated rings. The average molecular weight is 175 g/mol. The minimum absolute atomic E-state index is 0.801. The zero-order valence-corrected chi connectivity index (χ0v) is 8.14. The molecule has 2 heteroatoms. The maximum Gasteiger partial charge on any atom is 0.139 e. The molecule has 0 aliphatic heterocycles. The van der Waals surface area contributed by atoms with Crippen molar-refractivity contribution >= 4 is 16.7 Å². The molecule has 0 saturated heterocycles. The standard InChI is InChI=1S/C11H13NO/c1-6-4-5-9(12)10-7(2)8(3)13-11(6)10/h4-5H,12H2,1-3H3. The van der Waals surface area contributed by atoms with E-state index < -0.39 is 0 Å². The summed E-state index contributed by atoms with van der Waals surface area (Å²) in [5, 5.41) is 1.07. The molecule has 13 heavy (non-hydrogen) atoms. The number of hydrogen-bond donors (Lipinski definition) is 1. The Morgan fingerprint density at radius 3 is 2.46 bits per heavy atom. The van der Waals surface area contributed by atoms with Crippen molar-refractivity contribution in [2.45, 2.75) is 20.8 Å². The minimum Gasteiger partial charge on any atom is -0.461 e. The van der Waals surface area contributed by atoms with E-state index in [-0.39, 0.29) is 0 Å². The third kappa shape index (κ3) is 1.02. The maximum absolute atomic E-state index is 5.88. The molecule has 1 aromatic carbocycles. The highest BCUT2D eigenvalue weighted by Crippen LogP contribution is 2.31. The van der Waals surface area contributed by atoms with E-state index in [0.717, 1.165) is 33.5 Å². The molecule has 2 nitrogen and oxygen atoms in total. The lowest BCUT2D eigenvalue weighted by Crippen LogP contribution is -1.87. The number of anilines is 1. The number of rotatable bonds is 0. The molecular weight excluding hydrogens is 162 g/mol. The van der Waals surface area contributed by atoms with Crippen LogP contribution in [0.2, 0.25) is 0 Å². The van der Waals surface area contributed by atoms with Crippen molar-refractivity contribution in [1.82, 2.24) is 0 Å².